The van der Waals surface area contributed by atoms with Crippen molar-refractivity contribution in [2.24, 2.45) is 0 Å². The van der Waals surface area contributed by atoms with E-state index >= 15 is 0 Å². The van der Waals surface area contributed by atoms with Gasteiger partial charge in [-0.15, -0.1) is 0 Å². The summed E-state index contributed by atoms with van der Waals surface area (Å²) in [7, 11) is 0. The van der Waals surface area contributed by atoms with Crippen LogP contribution in [0.15, 0.2) is 36.5 Å². The molecule has 2 aromatic rings. The molecule has 0 bridgehead atoms. The number of carbonyl (C=O) groups excluding carboxylic acids is 2. The number of nitrogens with one attached hydrogen (secondary N) is 1. The highest BCUT2D eigenvalue weighted by Gasteiger charge is 2.11. The number of ketones is 1. The summed E-state index contributed by atoms with van der Waals surface area (Å²) in [4.78, 5) is 27.9. The number of amides is 1. The van der Waals surface area contributed by atoms with Gasteiger partial charge in [-0.05, 0) is 43.2 Å². The second kappa shape index (κ2) is 7.18. The molecule has 0 atom stereocenters. The van der Waals surface area contributed by atoms with Crippen LogP contribution in [0, 0.1) is 13.8 Å². The molecule has 0 saturated carbocycles. The zero-order valence-electron chi connectivity index (χ0n) is 12.5. The average Bonchev–Trinajstić information content (AvgIpc) is 2.50. The van der Waals surface area contributed by atoms with Crippen molar-refractivity contribution in [3.8, 4) is 0 Å². The van der Waals surface area contributed by atoms with Gasteiger partial charge in [0.25, 0.3) is 0 Å². The first-order valence-electron chi connectivity index (χ1n) is 6.98. The van der Waals surface area contributed by atoms with E-state index in [2.05, 4.69) is 10.3 Å². The number of aromatic nitrogens is 1. The molecular weight excluding hydrogens is 300 g/mol. The van der Waals surface area contributed by atoms with Gasteiger partial charge in [0.15, 0.2) is 10.9 Å². The molecule has 0 fully saturated rings. The number of Topliss-reactive ketones (excluding diaryl/α,β-unsaturated/α-hetero) is 1. The Morgan fingerprint density at radius 2 is 1.91 bits per heavy atom. The lowest BCUT2D eigenvalue weighted by molar-refractivity contribution is -0.116. The smallest absolute Gasteiger partial charge is 0.224 e. The van der Waals surface area contributed by atoms with Crippen LogP contribution in [-0.4, -0.2) is 16.7 Å². The quantitative estimate of drug-likeness (QED) is 0.671. The highest BCUT2D eigenvalue weighted by atomic mass is 35.5. The van der Waals surface area contributed by atoms with Crippen molar-refractivity contribution in [2.45, 2.75) is 26.7 Å². The van der Waals surface area contributed by atoms with Crippen molar-refractivity contribution in [3.05, 3.63) is 58.4 Å². The molecule has 0 spiro atoms. The maximum Gasteiger partial charge on any atom is 0.224 e. The van der Waals surface area contributed by atoms with Crippen LogP contribution in [0.3, 0.4) is 0 Å². The van der Waals surface area contributed by atoms with E-state index in [1.807, 2.05) is 26.0 Å². The molecule has 1 heterocycles. The molecule has 5 heteroatoms. The minimum atomic E-state index is -0.257. The van der Waals surface area contributed by atoms with Gasteiger partial charge < -0.3 is 5.32 Å². The molecule has 0 aliphatic carbocycles. The number of benzene rings is 1. The SMILES string of the molecule is Cc1ccc(C(=O)CCC(=O)Nc2cccnc2Cl)cc1C. The molecule has 22 heavy (non-hydrogen) atoms. The van der Waals surface area contributed by atoms with E-state index in [1.165, 1.54) is 0 Å². The lowest BCUT2D eigenvalue weighted by Gasteiger charge is -2.07. The third kappa shape index (κ3) is 4.15. The molecule has 4 nitrogen and oxygen atoms in total. The maximum atomic E-state index is 12.1. The molecule has 1 amide bonds. The molecule has 0 saturated heterocycles. The monoisotopic (exact) mass is 316 g/mol. The number of carbonyl (C=O) groups is 2. The van der Waals surface area contributed by atoms with Crippen molar-refractivity contribution < 1.29 is 9.59 Å². The van der Waals surface area contributed by atoms with Gasteiger partial charge in [0.1, 0.15) is 0 Å². The number of pyridine rings is 1. The van der Waals surface area contributed by atoms with Gasteiger partial charge in [0.05, 0.1) is 5.69 Å². The van der Waals surface area contributed by atoms with Crippen LogP contribution >= 0.6 is 11.6 Å². The van der Waals surface area contributed by atoms with Crippen LogP contribution in [-0.2, 0) is 4.79 Å². The maximum absolute atomic E-state index is 12.1. The molecule has 0 unspecified atom stereocenters. The zero-order chi connectivity index (χ0) is 16.1. The molecule has 1 aromatic heterocycles. The summed E-state index contributed by atoms with van der Waals surface area (Å²) >= 11 is 5.87. The summed E-state index contributed by atoms with van der Waals surface area (Å²) in [5.41, 5.74) is 3.29. The lowest BCUT2D eigenvalue weighted by atomic mass is 10.0. The Bertz CT molecular complexity index is 714. The van der Waals surface area contributed by atoms with E-state index in [0.717, 1.165) is 11.1 Å². The summed E-state index contributed by atoms with van der Waals surface area (Å²) in [5.74, 6) is -0.303. The first kappa shape index (κ1) is 16.2. The van der Waals surface area contributed by atoms with Crippen molar-refractivity contribution in [3.63, 3.8) is 0 Å². The molecule has 0 aliphatic heterocycles. The first-order valence-corrected chi connectivity index (χ1v) is 7.36. The third-order valence-corrected chi connectivity index (χ3v) is 3.74. The van der Waals surface area contributed by atoms with Crippen LogP contribution in [0.25, 0.3) is 0 Å². The summed E-state index contributed by atoms with van der Waals surface area (Å²) < 4.78 is 0. The first-order chi connectivity index (χ1) is 10.5. The highest BCUT2D eigenvalue weighted by molar-refractivity contribution is 6.32. The van der Waals surface area contributed by atoms with E-state index in [-0.39, 0.29) is 29.7 Å². The topological polar surface area (TPSA) is 59.1 Å². The van der Waals surface area contributed by atoms with Crippen LogP contribution in [0.2, 0.25) is 5.15 Å². The summed E-state index contributed by atoms with van der Waals surface area (Å²) in [6.45, 7) is 3.96. The van der Waals surface area contributed by atoms with Gasteiger partial charge in [-0.3, -0.25) is 9.59 Å². The molecule has 2 rings (SSSR count). The second-order valence-electron chi connectivity index (χ2n) is 5.11. The van der Waals surface area contributed by atoms with Crippen molar-refractivity contribution in [2.75, 3.05) is 5.32 Å². The standard InChI is InChI=1S/C17H17ClN2O2/c1-11-5-6-13(10-12(11)2)15(21)7-8-16(22)20-14-4-3-9-19-17(14)18/h3-6,9-10H,7-8H2,1-2H3,(H,20,22). The Morgan fingerprint density at radius 1 is 1.14 bits per heavy atom. The fraction of sp³-hybridized carbons (Fsp3) is 0.235. The number of hydrogen-bond acceptors (Lipinski definition) is 3. The van der Waals surface area contributed by atoms with Gasteiger partial charge in [-0.25, -0.2) is 4.98 Å². The van der Waals surface area contributed by atoms with Crippen LogP contribution in [0.1, 0.15) is 34.3 Å². The summed E-state index contributed by atoms with van der Waals surface area (Å²) in [6.07, 6.45) is 1.81. The molecule has 0 radical (unpaired) electrons. The van der Waals surface area contributed by atoms with Crippen LogP contribution in [0.5, 0.6) is 0 Å². The van der Waals surface area contributed by atoms with E-state index < -0.39 is 0 Å². The van der Waals surface area contributed by atoms with E-state index in [4.69, 9.17) is 11.6 Å². The van der Waals surface area contributed by atoms with Gasteiger partial charge in [-0.1, -0.05) is 23.7 Å². The minimum Gasteiger partial charge on any atom is -0.323 e. The Balaban J connectivity index is 1.92. The largest absolute Gasteiger partial charge is 0.323 e. The van der Waals surface area contributed by atoms with Gasteiger partial charge >= 0.3 is 0 Å². The third-order valence-electron chi connectivity index (χ3n) is 3.44. The predicted molar refractivity (Wildman–Crippen MR) is 87.4 cm³/mol. The highest BCUT2D eigenvalue weighted by Crippen LogP contribution is 2.18. The Hall–Kier alpha value is -2.20. The molecule has 114 valence electrons. The minimum absolute atomic E-state index is 0.0458. The Labute approximate surface area is 134 Å². The molecule has 1 N–H and O–H groups in total. The Kier molecular flexibility index (Phi) is 5.28. The zero-order valence-corrected chi connectivity index (χ0v) is 13.3. The van der Waals surface area contributed by atoms with E-state index in [0.29, 0.717) is 11.3 Å². The number of nitrogens with zero attached hydrogens (tertiary/aromatic N) is 1. The number of aryl methyl sites for hydroxylation is 2. The van der Waals surface area contributed by atoms with Crippen LogP contribution < -0.4 is 5.32 Å². The van der Waals surface area contributed by atoms with Gasteiger partial charge in [0, 0.05) is 24.6 Å². The predicted octanol–water partition coefficient (Wildman–Crippen LogP) is 3.95. The average molecular weight is 317 g/mol. The van der Waals surface area contributed by atoms with Gasteiger partial charge in [0.2, 0.25) is 5.91 Å². The summed E-state index contributed by atoms with van der Waals surface area (Å²) in [6, 6.07) is 8.91. The van der Waals surface area contributed by atoms with Crippen molar-refractivity contribution in [1.29, 1.82) is 0 Å². The van der Waals surface area contributed by atoms with E-state index in [1.54, 1.807) is 24.4 Å². The van der Waals surface area contributed by atoms with Crippen LogP contribution in [0.4, 0.5) is 5.69 Å². The number of anilines is 1. The Morgan fingerprint density at radius 3 is 2.59 bits per heavy atom. The number of hydrogen-bond donors (Lipinski definition) is 1. The fourth-order valence-corrected chi connectivity index (χ4v) is 2.14. The molecular formula is C17H17ClN2O2. The molecule has 0 aliphatic rings. The fourth-order valence-electron chi connectivity index (χ4n) is 1.98. The molecule has 1 aromatic carbocycles. The number of rotatable bonds is 5. The normalized spacial score (nSPS) is 10.3. The van der Waals surface area contributed by atoms with Crippen molar-refractivity contribution in [1.82, 2.24) is 4.98 Å². The summed E-state index contributed by atoms with van der Waals surface area (Å²) in [5, 5.41) is 2.88. The number of halogens is 1. The van der Waals surface area contributed by atoms with Crippen molar-refractivity contribution >= 4 is 29.0 Å². The van der Waals surface area contributed by atoms with Gasteiger partial charge in [-0.2, -0.15) is 0 Å². The second-order valence-corrected chi connectivity index (χ2v) is 5.47. The lowest BCUT2D eigenvalue weighted by Crippen LogP contribution is -2.14. The van der Waals surface area contributed by atoms with E-state index in [9.17, 15) is 9.59 Å².